The van der Waals surface area contributed by atoms with Crippen molar-refractivity contribution < 1.29 is 0 Å². The van der Waals surface area contributed by atoms with Gasteiger partial charge in [0.15, 0.2) is 0 Å². The maximum Gasteiger partial charge on any atom is 0.0325 e. The molecule has 1 aliphatic heterocycles. The zero-order valence-electron chi connectivity index (χ0n) is 8.68. The van der Waals surface area contributed by atoms with Gasteiger partial charge in [-0.15, -0.1) is 0 Å². The zero-order chi connectivity index (χ0) is 10.2. The predicted molar refractivity (Wildman–Crippen MR) is 63.3 cm³/mol. The van der Waals surface area contributed by atoms with E-state index in [1.807, 2.05) is 0 Å². The van der Waals surface area contributed by atoms with Crippen LogP contribution in [0.5, 0.6) is 0 Å². The fourth-order valence-electron chi connectivity index (χ4n) is 2.07. The second-order valence-corrected chi connectivity index (χ2v) is 5.59. The van der Waals surface area contributed by atoms with Crippen molar-refractivity contribution in [1.82, 2.24) is 5.32 Å². The molecule has 1 fully saturated rings. The van der Waals surface area contributed by atoms with Crippen molar-refractivity contribution in [2.45, 2.75) is 38.3 Å². The summed E-state index contributed by atoms with van der Waals surface area (Å²) in [6.07, 6.45) is 2.50. The van der Waals surface area contributed by atoms with Crippen LogP contribution in [-0.4, -0.2) is 5.54 Å². The standard InChI is InChI=1S/C12H16BrN/c1-12(2)8-7-11(14-12)9-3-5-10(13)6-4-9/h3-6,11,14H,7-8H2,1-2H3. The lowest BCUT2D eigenvalue weighted by Crippen LogP contribution is -2.33. The normalized spacial score (nSPS) is 25.2. The molecule has 1 N–H and O–H groups in total. The Morgan fingerprint density at radius 3 is 2.43 bits per heavy atom. The third-order valence-electron chi connectivity index (χ3n) is 2.90. The monoisotopic (exact) mass is 253 g/mol. The van der Waals surface area contributed by atoms with Gasteiger partial charge in [-0.25, -0.2) is 0 Å². The van der Waals surface area contributed by atoms with Crippen LogP contribution in [0, 0.1) is 0 Å². The second-order valence-electron chi connectivity index (χ2n) is 4.67. The lowest BCUT2D eigenvalue weighted by Gasteiger charge is -2.20. The van der Waals surface area contributed by atoms with Gasteiger partial charge >= 0.3 is 0 Å². The Hall–Kier alpha value is -0.340. The van der Waals surface area contributed by atoms with E-state index in [1.54, 1.807) is 0 Å². The van der Waals surface area contributed by atoms with Crippen LogP contribution in [0.1, 0.15) is 38.3 Å². The first-order chi connectivity index (χ1) is 6.57. The minimum Gasteiger partial charge on any atom is -0.305 e. The first-order valence-electron chi connectivity index (χ1n) is 5.10. The lowest BCUT2D eigenvalue weighted by molar-refractivity contribution is 0.433. The molecule has 2 heteroatoms. The van der Waals surface area contributed by atoms with Gasteiger partial charge in [0.1, 0.15) is 0 Å². The number of benzene rings is 1. The van der Waals surface area contributed by atoms with E-state index in [1.165, 1.54) is 18.4 Å². The Morgan fingerprint density at radius 1 is 1.29 bits per heavy atom. The van der Waals surface area contributed by atoms with Crippen LogP contribution in [-0.2, 0) is 0 Å². The number of rotatable bonds is 1. The van der Waals surface area contributed by atoms with Gasteiger partial charge in [0.05, 0.1) is 0 Å². The van der Waals surface area contributed by atoms with Gasteiger partial charge in [0, 0.05) is 16.1 Å². The van der Waals surface area contributed by atoms with Crippen molar-refractivity contribution >= 4 is 15.9 Å². The lowest BCUT2D eigenvalue weighted by atomic mass is 10.0. The van der Waals surface area contributed by atoms with E-state index in [9.17, 15) is 0 Å². The van der Waals surface area contributed by atoms with Crippen molar-refractivity contribution in [2.24, 2.45) is 0 Å². The first kappa shape index (κ1) is 10.2. The third kappa shape index (κ3) is 2.18. The van der Waals surface area contributed by atoms with Crippen molar-refractivity contribution in [3.05, 3.63) is 34.3 Å². The summed E-state index contributed by atoms with van der Waals surface area (Å²) >= 11 is 3.46. The molecule has 76 valence electrons. The highest BCUT2D eigenvalue weighted by molar-refractivity contribution is 9.10. The van der Waals surface area contributed by atoms with Gasteiger partial charge in [0.25, 0.3) is 0 Å². The SMILES string of the molecule is CC1(C)CCC(c2ccc(Br)cc2)N1. The number of hydrogen-bond donors (Lipinski definition) is 1. The molecule has 0 aliphatic carbocycles. The highest BCUT2D eigenvalue weighted by Gasteiger charge is 2.30. The highest BCUT2D eigenvalue weighted by atomic mass is 79.9. The van der Waals surface area contributed by atoms with E-state index >= 15 is 0 Å². The number of nitrogens with one attached hydrogen (secondary N) is 1. The second kappa shape index (κ2) is 3.67. The van der Waals surface area contributed by atoms with E-state index < -0.39 is 0 Å². The topological polar surface area (TPSA) is 12.0 Å². The molecule has 1 saturated heterocycles. The summed E-state index contributed by atoms with van der Waals surface area (Å²) in [5, 5.41) is 3.65. The molecular formula is C12H16BrN. The predicted octanol–water partition coefficient (Wildman–Crippen LogP) is 3.65. The van der Waals surface area contributed by atoms with E-state index in [-0.39, 0.29) is 0 Å². The fraction of sp³-hybridized carbons (Fsp3) is 0.500. The van der Waals surface area contributed by atoms with E-state index in [0.29, 0.717) is 11.6 Å². The summed E-state index contributed by atoms with van der Waals surface area (Å²) in [5.74, 6) is 0. The van der Waals surface area contributed by atoms with Crippen molar-refractivity contribution in [3.63, 3.8) is 0 Å². The summed E-state index contributed by atoms with van der Waals surface area (Å²) < 4.78 is 1.15. The summed E-state index contributed by atoms with van der Waals surface area (Å²) in [6, 6.07) is 9.16. The number of hydrogen-bond acceptors (Lipinski definition) is 1. The summed E-state index contributed by atoms with van der Waals surface area (Å²) in [5.41, 5.74) is 1.70. The molecule has 0 aromatic heterocycles. The van der Waals surface area contributed by atoms with Crippen LogP contribution >= 0.6 is 15.9 Å². The van der Waals surface area contributed by atoms with Gasteiger partial charge < -0.3 is 5.32 Å². The highest BCUT2D eigenvalue weighted by Crippen LogP contribution is 2.32. The van der Waals surface area contributed by atoms with Gasteiger partial charge in [0.2, 0.25) is 0 Å². The molecule has 1 nitrogen and oxygen atoms in total. The molecule has 0 amide bonds. The van der Waals surface area contributed by atoms with Crippen molar-refractivity contribution in [1.29, 1.82) is 0 Å². The molecule has 1 aromatic rings. The Balaban J connectivity index is 2.14. The zero-order valence-corrected chi connectivity index (χ0v) is 10.3. The van der Waals surface area contributed by atoms with Crippen LogP contribution in [0.3, 0.4) is 0 Å². The van der Waals surface area contributed by atoms with Crippen molar-refractivity contribution in [2.75, 3.05) is 0 Å². The maximum atomic E-state index is 3.65. The van der Waals surface area contributed by atoms with Crippen LogP contribution in [0.4, 0.5) is 0 Å². The first-order valence-corrected chi connectivity index (χ1v) is 5.89. The molecule has 14 heavy (non-hydrogen) atoms. The Morgan fingerprint density at radius 2 is 1.93 bits per heavy atom. The summed E-state index contributed by atoms with van der Waals surface area (Å²) in [7, 11) is 0. The molecule has 0 spiro atoms. The molecular weight excluding hydrogens is 238 g/mol. The van der Waals surface area contributed by atoms with E-state index in [0.717, 1.165) is 4.47 Å². The molecule has 2 rings (SSSR count). The van der Waals surface area contributed by atoms with Gasteiger partial charge in [-0.05, 0) is 44.4 Å². The smallest absolute Gasteiger partial charge is 0.0325 e. The molecule has 0 bridgehead atoms. The summed E-state index contributed by atoms with van der Waals surface area (Å²) in [6.45, 7) is 4.54. The summed E-state index contributed by atoms with van der Waals surface area (Å²) in [4.78, 5) is 0. The maximum absolute atomic E-state index is 3.65. The minimum atomic E-state index is 0.303. The average Bonchev–Trinajstić information content (AvgIpc) is 2.47. The van der Waals surface area contributed by atoms with E-state index in [4.69, 9.17) is 0 Å². The van der Waals surface area contributed by atoms with Crippen LogP contribution in [0.25, 0.3) is 0 Å². The fourth-order valence-corrected chi connectivity index (χ4v) is 2.33. The van der Waals surface area contributed by atoms with E-state index in [2.05, 4.69) is 59.4 Å². The quantitative estimate of drug-likeness (QED) is 0.806. The van der Waals surface area contributed by atoms with Gasteiger partial charge in [-0.1, -0.05) is 28.1 Å². The average molecular weight is 254 g/mol. The Bertz CT molecular complexity index is 316. The van der Waals surface area contributed by atoms with Crippen molar-refractivity contribution in [3.8, 4) is 0 Å². The Kier molecular flexibility index (Phi) is 2.67. The molecule has 1 unspecified atom stereocenters. The third-order valence-corrected chi connectivity index (χ3v) is 3.42. The van der Waals surface area contributed by atoms with Crippen LogP contribution < -0.4 is 5.32 Å². The molecule has 1 atom stereocenters. The Labute approximate surface area is 94.0 Å². The van der Waals surface area contributed by atoms with Gasteiger partial charge in [-0.2, -0.15) is 0 Å². The largest absolute Gasteiger partial charge is 0.305 e. The van der Waals surface area contributed by atoms with Crippen LogP contribution in [0.15, 0.2) is 28.7 Å². The van der Waals surface area contributed by atoms with Gasteiger partial charge in [-0.3, -0.25) is 0 Å². The molecule has 1 heterocycles. The molecule has 0 saturated carbocycles. The van der Waals surface area contributed by atoms with Crippen LogP contribution in [0.2, 0.25) is 0 Å². The molecule has 1 aliphatic rings. The number of halogens is 1. The molecule has 0 radical (unpaired) electrons. The molecule has 1 aromatic carbocycles. The minimum absolute atomic E-state index is 0.303.